The fourth-order valence-corrected chi connectivity index (χ4v) is 5.53. The molecule has 14 nitrogen and oxygen atoms in total. The molecule has 14 heteroatoms. The molecule has 1 aliphatic carbocycles. The van der Waals surface area contributed by atoms with Crippen LogP contribution in [0.5, 0.6) is 0 Å². The smallest absolute Gasteiger partial charge is 0.309 e. The molecular formula is C27H40O14. The molecule has 0 radical (unpaired) electrons. The second kappa shape index (κ2) is 13.5. The molecule has 2 fully saturated rings. The molecule has 0 bridgehead atoms. The SMILES string of the molecule is CC(=O)O[C@@H]1[C@H](O)[C@H](CO)O[C@H](OCC2=CO[C@H](OC(=O)CC(C)C)[C@H]3[C@H]2C[C@H](OC(C)=O)[C@@]3(C)O)[C@@H]1OC(C)=O. The molecule has 0 aromatic carbocycles. The van der Waals surface area contributed by atoms with Gasteiger partial charge in [-0.15, -0.1) is 0 Å². The second-order valence-electron chi connectivity index (χ2n) is 11.2. The van der Waals surface area contributed by atoms with Crippen LogP contribution in [0.2, 0.25) is 0 Å². The van der Waals surface area contributed by atoms with Crippen LogP contribution in [0.4, 0.5) is 0 Å². The van der Waals surface area contributed by atoms with Crippen LogP contribution in [0.25, 0.3) is 0 Å². The van der Waals surface area contributed by atoms with Crippen molar-refractivity contribution in [2.75, 3.05) is 13.2 Å². The summed E-state index contributed by atoms with van der Waals surface area (Å²) in [7, 11) is 0. The maximum absolute atomic E-state index is 12.5. The van der Waals surface area contributed by atoms with Crippen LogP contribution < -0.4 is 0 Å². The highest BCUT2D eigenvalue weighted by Crippen LogP contribution is 2.50. The average Bonchev–Trinajstić information content (AvgIpc) is 3.10. The monoisotopic (exact) mass is 588 g/mol. The van der Waals surface area contributed by atoms with Crippen molar-refractivity contribution in [2.24, 2.45) is 17.8 Å². The first-order chi connectivity index (χ1) is 19.1. The van der Waals surface area contributed by atoms with Gasteiger partial charge in [-0.25, -0.2) is 0 Å². The van der Waals surface area contributed by atoms with Crippen LogP contribution in [0.3, 0.4) is 0 Å². The van der Waals surface area contributed by atoms with E-state index in [-0.39, 0.29) is 25.4 Å². The first kappa shape index (κ1) is 32.7. The molecule has 0 amide bonds. The Labute approximate surface area is 237 Å². The molecular weight excluding hydrogens is 548 g/mol. The highest BCUT2D eigenvalue weighted by atomic mass is 16.7. The van der Waals surface area contributed by atoms with Crippen molar-refractivity contribution < 1.29 is 67.7 Å². The lowest BCUT2D eigenvalue weighted by Gasteiger charge is -2.43. The normalized spacial score (nSPS) is 36.4. The van der Waals surface area contributed by atoms with Gasteiger partial charge in [0.2, 0.25) is 6.29 Å². The molecule has 0 unspecified atom stereocenters. The summed E-state index contributed by atoms with van der Waals surface area (Å²) in [5.74, 6) is -4.01. The Kier molecular flexibility index (Phi) is 10.7. The van der Waals surface area contributed by atoms with E-state index in [0.717, 1.165) is 13.8 Å². The van der Waals surface area contributed by atoms with Crippen LogP contribution >= 0.6 is 0 Å². The minimum atomic E-state index is -1.65. The number of hydrogen-bond donors (Lipinski definition) is 3. The molecule has 2 aliphatic heterocycles. The van der Waals surface area contributed by atoms with E-state index >= 15 is 0 Å². The number of carbonyl (C=O) groups excluding carboxylic acids is 4. The summed E-state index contributed by atoms with van der Waals surface area (Å²) < 4.78 is 38.8. The predicted molar refractivity (Wildman–Crippen MR) is 135 cm³/mol. The Hall–Kier alpha value is -2.78. The Bertz CT molecular complexity index is 1010. The summed E-state index contributed by atoms with van der Waals surface area (Å²) in [4.78, 5) is 47.8. The first-order valence-electron chi connectivity index (χ1n) is 13.5. The van der Waals surface area contributed by atoms with Gasteiger partial charge in [-0.1, -0.05) is 13.8 Å². The van der Waals surface area contributed by atoms with Gasteiger partial charge in [-0.05, 0) is 24.8 Å². The quantitative estimate of drug-likeness (QED) is 0.230. The molecule has 0 aromatic heterocycles. The van der Waals surface area contributed by atoms with E-state index in [0.29, 0.717) is 5.57 Å². The highest BCUT2D eigenvalue weighted by Gasteiger charge is 2.60. The number of aliphatic hydroxyl groups is 3. The number of carbonyl (C=O) groups is 4. The Morgan fingerprint density at radius 3 is 2.17 bits per heavy atom. The number of rotatable bonds is 10. The average molecular weight is 589 g/mol. The van der Waals surface area contributed by atoms with Gasteiger partial charge in [0, 0.05) is 33.1 Å². The van der Waals surface area contributed by atoms with Crippen molar-refractivity contribution in [3.63, 3.8) is 0 Å². The van der Waals surface area contributed by atoms with Crippen LogP contribution in [-0.2, 0) is 52.3 Å². The van der Waals surface area contributed by atoms with Gasteiger partial charge < -0.3 is 48.5 Å². The molecule has 10 atom stereocenters. The summed E-state index contributed by atoms with van der Waals surface area (Å²) >= 11 is 0. The van der Waals surface area contributed by atoms with Crippen LogP contribution in [0, 0.1) is 17.8 Å². The van der Waals surface area contributed by atoms with E-state index in [2.05, 4.69) is 0 Å². The van der Waals surface area contributed by atoms with E-state index in [4.69, 9.17) is 33.2 Å². The molecule has 3 N–H and O–H groups in total. The van der Waals surface area contributed by atoms with Gasteiger partial charge in [0.1, 0.15) is 23.9 Å². The molecule has 232 valence electrons. The van der Waals surface area contributed by atoms with Crippen LogP contribution in [0.1, 0.15) is 54.4 Å². The Balaban J connectivity index is 1.87. The van der Waals surface area contributed by atoms with Crippen molar-refractivity contribution in [3.05, 3.63) is 11.8 Å². The molecule has 3 rings (SSSR count). The molecule has 0 aromatic rings. The van der Waals surface area contributed by atoms with E-state index in [9.17, 15) is 34.5 Å². The van der Waals surface area contributed by atoms with Gasteiger partial charge in [0.05, 0.1) is 25.4 Å². The van der Waals surface area contributed by atoms with Gasteiger partial charge in [-0.2, -0.15) is 0 Å². The number of fused-ring (bicyclic) bond motifs is 1. The van der Waals surface area contributed by atoms with Gasteiger partial charge in [-0.3, -0.25) is 19.2 Å². The van der Waals surface area contributed by atoms with Crippen molar-refractivity contribution in [1.29, 1.82) is 0 Å². The standard InChI is InChI=1S/C27H40O14/c1-12(2)7-20(32)41-25-21-17(8-19(27(21,6)34)37-13(3)29)16(10-35-25)11-36-26-24(39-15(5)31)23(38-14(4)30)22(33)18(9-28)40-26/h10,12,17-19,21-26,28,33-34H,7-9,11H2,1-6H3/t17-,18-,19-,21+,22+,23+,24+,25+,26-,27+/m0/s1. The summed E-state index contributed by atoms with van der Waals surface area (Å²) in [6.07, 6.45) is -7.45. The molecule has 1 saturated carbocycles. The first-order valence-corrected chi connectivity index (χ1v) is 13.5. The Morgan fingerprint density at radius 1 is 1.00 bits per heavy atom. The zero-order valence-corrected chi connectivity index (χ0v) is 24.0. The minimum Gasteiger partial charge on any atom is -0.462 e. The van der Waals surface area contributed by atoms with Crippen molar-refractivity contribution >= 4 is 23.9 Å². The zero-order valence-electron chi connectivity index (χ0n) is 24.0. The van der Waals surface area contributed by atoms with Crippen LogP contribution in [-0.4, -0.2) is 101 Å². The Morgan fingerprint density at radius 2 is 1.61 bits per heavy atom. The van der Waals surface area contributed by atoms with Crippen molar-refractivity contribution in [2.45, 2.75) is 103 Å². The van der Waals surface area contributed by atoms with Crippen molar-refractivity contribution in [3.8, 4) is 0 Å². The van der Waals surface area contributed by atoms with E-state index < -0.39 is 91.0 Å². The molecule has 0 spiro atoms. The lowest BCUT2D eigenvalue weighted by Crippen LogP contribution is -2.61. The maximum atomic E-state index is 12.5. The summed E-state index contributed by atoms with van der Waals surface area (Å²) in [5.41, 5.74) is -1.17. The lowest BCUT2D eigenvalue weighted by molar-refractivity contribution is -0.304. The topological polar surface area (TPSA) is 194 Å². The zero-order chi connectivity index (χ0) is 30.6. The highest BCUT2D eigenvalue weighted by molar-refractivity contribution is 5.70. The third kappa shape index (κ3) is 7.74. The van der Waals surface area contributed by atoms with E-state index in [1.807, 2.05) is 13.8 Å². The maximum Gasteiger partial charge on any atom is 0.309 e. The minimum absolute atomic E-state index is 0.0250. The van der Waals surface area contributed by atoms with Gasteiger partial charge in [0.25, 0.3) is 0 Å². The summed E-state index contributed by atoms with van der Waals surface area (Å²) in [6.45, 7) is 7.73. The number of esters is 4. The third-order valence-corrected chi connectivity index (χ3v) is 7.30. The predicted octanol–water partition coefficient (Wildman–Crippen LogP) is 0.0928. The van der Waals surface area contributed by atoms with Crippen LogP contribution in [0.15, 0.2) is 11.8 Å². The number of aliphatic hydroxyl groups excluding tert-OH is 2. The number of ether oxygens (including phenoxy) is 7. The third-order valence-electron chi connectivity index (χ3n) is 7.30. The van der Waals surface area contributed by atoms with E-state index in [1.54, 1.807) is 0 Å². The number of hydrogen-bond acceptors (Lipinski definition) is 14. The van der Waals surface area contributed by atoms with Crippen molar-refractivity contribution in [1.82, 2.24) is 0 Å². The van der Waals surface area contributed by atoms with E-state index in [1.165, 1.54) is 20.1 Å². The molecule has 2 heterocycles. The second-order valence-corrected chi connectivity index (χ2v) is 11.2. The van der Waals surface area contributed by atoms with Gasteiger partial charge >= 0.3 is 23.9 Å². The lowest BCUT2D eigenvalue weighted by atomic mass is 9.81. The summed E-state index contributed by atoms with van der Waals surface area (Å²) in [5, 5.41) is 31.8. The molecule has 1 saturated heterocycles. The van der Waals surface area contributed by atoms with Gasteiger partial charge in [0.15, 0.2) is 18.5 Å². The summed E-state index contributed by atoms with van der Waals surface area (Å²) in [6, 6.07) is 0. The molecule has 41 heavy (non-hydrogen) atoms. The fraction of sp³-hybridized carbons (Fsp3) is 0.778. The fourth-order valence-electron chi connectivity index (χ4n) is 5.53. The molecule has 3 aliphatic rings. The largest absolute Gasteiger partial charge is 0.462 e.